The number of ether oxygens (including phenoxy) is 3. The van der Waals surface area contributed by atoms with Gasteiger partial charge in [-0.15, -0.1) is 0 Å². The summed E-state index contributed by atoms with van der Waals surface area (Å²) in [5.74, 6) is 2.34. The molecule has 0 spiro atoms. The van der Waals surface area contributed by atoms with Crippen molar-refractivity contribution in [2.45, 2.75) is 20.0 Å². The summed E-state index contributed by atoms with van der Waals surface area (Å²) in [4.78, 5) is 15.3. The highest BCUT2D eigenvalue weighted by atomic mass is 35.5. The van der Waals surface area contributed by atoms with E-state index in [0.29, 0.717) is 41.9 Å². The van der Waals surface area contributed by atoms with E-state index in [-0.39, 0.29) is 5.78 Å². The smallest absolute Gasteiger partial charge is 0.232 e. The number of ketones is 1. The highest BCUT2D eigenvalue weighted by molar-refractivity contribution is 6.30. The Hall–Kier alpha value is -3.28. The fraction of sp³-hybridized carbons (Fsp3) is 0.192. The predicted molar refractivity (Wildman–Crippen MR) is 123 cm³/mol. The third-order valence-electron chi connectivity index (χ3n) is 5.72. The van der Waals surface area contributed by atoms with Crippen LogP contribution in [0.1, 0.15) is 32.6 Å². The number of fused-ring (bicyclic) bond motifs is 3. The van der Waals surface area contributed by atoms with Gasteiger partial charge >= 0.3 is 0 Å². The van der Waals surface area contributed by atoms with Crippen LogP contribution in [0, 0.1) is 6.92 Å². The maximum absolute atomic E-state index is 13.2. The van der Waals surface area contributed by atoms with Crippen LogP contribution in [-0.4, -0.2) is 24.5 Å². The molecule has 0 radical (unpaired) electrons. The van der Waals surface area contributed by atoms with E-state index in [1.807, 2.05) is 61.5 Å². The van der Waals surface area contributed by atoms with E-state index < -0.39 is 0 Å². The molecule has 0 bridgehead atoms. The van der Waals surface area contributed by atoms with Crippen molar-refractivity contribution in [3.63, 3.8) is 0 Å². The minimum absolute atomic E-state index is 0.106. The Kier molecular flexibility index (Phi) is 5.37. The number of allylic oxidation sites excluding steroid dienone is 1. The van der Waals surface area contributed by atoms with Crippen LogP contribution in [0.3, 0.4) is 0 Å². The number of hydrogen-bond acceptors (Lipinski definition) is 5. The second-order valence-corrected chi connectivity index (χ2v) is 8.41. The van der Waals surface area contributed by atoms with Crippen LogP contribution in [0.4, 0.5) is 0 Å². The molecular formula is C26H22ClNO4. The van der Waals surface area contributed by atoms with E-state index in [2.05, 4.69) is 4.90 Å². The van der Waals surface area contributed by atoms with Gasteiger partial charge in [0.05, 0.1) is 18.2 Å². The number of carbonyl (C=O) groups is 1. The first kappa shape index (κ1) is 20.6. The fourth-order valence-corrected chi connectivity index (χ4v) is 4.20. The minimum atomic E-state index is -0.106. The van der Waals surface area contributed by atoms with Gasteiger partial charge in [0, 0.05) is 18.1 Å². The topological polar surface area (TPSA) is 48.0 Å². The summed E-state index contributed by atoms with van der Waals surface area (Å²) in [5.41, 5.74) is 4.38. The lowest BCUT2D eigenvalue weighted by Crippen LogP contribution is -2.31. The molecule has 0 N–H and O–H groups in total. The molecule has 0 fully saturated rings. The van der Waals surface area contributed by atoms with Crippen LogP contribution in [0.2, 0.25) is 5.02 Å². The number of carbonyl (C=O) groups excluding carboxylic acids is 1. The summed E-state index contributed by atoms with van der Waals surface area (Å²) in [6.07, 6.45) is 1.77. The van der Waals surface area contributed by atoms with Crippen molar-refractivity contribution in [2.24, 2.45) is 0 Å². The van der Waals surface area contributed by atoms with E-state index in [1.54, 1.807) is 13.2 Å². The second-order valence-electron chi connectivity index (χ2n) is 7.97. The van der Waals surface area contributed by atoms with Gasteiger partial charge in [-0.1, -0.05) is 35.9 Å². The van der Waals surface area contributed by atoms with Gasteiger partial charge in [-0.25, -0.2) is 0 Å². The van der Waals surface area contributed by atoms with Crippen LogP contribution in [-0.2, 0) is 13.1 Å². The zero-order valence-electron chi connectivity index (χ0n) is 17.9. The average Bonchev–Trinajstić information content (AvgIpc) is 3.13. The summed E-state index contributed by atoms with van der Waals surface area (Å²) < 4.78 is 17.4. The Bertz CT molecular complexity index is 1220. The molecule has 6 heteroatoms. The maximum Gasteiger partial charge on any atom is 0.232 e. The molecule has 0 aromatic heterocycles. The van der Waals surface area contributed by atoms with Crippen LogP contribution < -0.4 is 14.2 Å². The Balaban J connectivity index is 1.43. The lowest BCUT2D eigenvalue weighted by Gasteiger charge is -2.30. The normalized spacial score (nSPS) is 16.3. The molecular weight excluding hydrogens is 426 g/mol. The molecule has 0 saturated heterocycles. The van der Waals surface area contributed by atoms with Crippen LogP contribution >= 0.6 is 11.6 Å². The molecule has 2 aliphatic rings. The standard InChI is InChI=1S/C26H22ClNO4/c1-16-11-22-21(14-28(15-31-22)13-18-3-7-19(27)8-4-18)26-24(16)25(29)23(32-26)12-17-5-9-20(30-2)10-6-17/h3-12H,13-15H2,1-2H3/b23-12-. The first-order chi connectivity index (χ1) is 15.5. The van der Waals surface area contributed by atoms with Crippen molar-refractivity contribution in [3.8, 4) is 17.2 Å². The van der Waals surface area contributed by atoms with Crippen molar-refractivity contribution in [3.05, 3.63) is 93.2 Å². The molecule has 0 saturated carbocycles. The summed E-state index contributed by atoms with van der Waals surface area (Å²) in [6, 6.07) is 17.2. The van der Waals surface area contributed by atoms with Gasteiger partial charge in [0.2, 0.25) is 5.78 Å². The molecule has 0 aliphatic carbocycles. The monoisotopic (exact) mass is 447 g/mol. The largest absolute Gasteiger partial charge is 0.497 e. The number of Topliss-reactive ketones (excluding diaryl/α,β-unsaturated/α-hetero) is 1. The Morgan fingerprint density at radius 2 is 1.88 bits per heavy atom. The van der Waals surface area contributed by atoms with Gasteiger partial charge < -0.3 is 14.2 Å². The molecule has 2 heterocycles. The summed E-state index contributed by atoms with van der Waals surface area (Å²) >= 11 is 6.00. The number of benzene rings is 3. The predicted octanol–water partition coefficient (Wildman–Crippen LogP) is 5.63. The van der Waals surface area contributed by atoms with Gasteiger partial charge in [0.1, 0.15) is 24.0 Å². The van der Waals surface area contributed by atoms with Gasteiger partial charge in [-0.3, -0.25) is 9.69 Å². The number of methoxy groups -OCH3 is 1. The summed E-state index contributed by atoms with van der Waals surface area (Å²) in [6.45, 7) is 3.72. The van der Waals surface area contributed by atoms with Crippen molar-refractivity contribution >= 4 is 23.5 Å². The molecule has 162 valence electrons. The lowest BCUT2D eigenvalue weighted by molar-refractivity contribution is 0.0872. The van der Waals surface area contributed by atoms with Gasteiger partial charge in [-0.2, -0.15) is 0 Å². The first-order valence-corrected chi connectivity index (χ1v) is 10.7. The Labute approximate surface area is 191 Å². The lowest BCUT2D eigenvalue weighted by atomic mass is 9.98. The number of aryl methyl sites for hydroxylation is 1. The maximum atomic E-state index is 13.2. The summed E-state index contributed by atoms with van der Waals surface area (Å²) in [5, 5.41) is 0.713. The second kappa shape index (κ2) is 8.34. The zero-order valence-corrected chi connectivity index (χ0v) is 18.6. The van der Waals surface area contributed by atoms with Crippen LogP contribution in [0.15, 0.2) is 60.4 Å². The molecule has 0 atom stereocenters. The Morgan fingerprint density at radius 3 is 2.59 bits per heavy atom. The summed E-state index contributed by atoms with van der Waals surface area (Å²) in [7, 11) is 1.62. The SMILES string of the molecule is COc1ccc(/C=C2\Oc3c4c(cc(C)c3C2=O)OCN(Cc2ccc(Cl)cc2)C4)cc1. The van der Waals surface area contributed by atoms with Crippen molar-refractivity contribution in [1.29, 1.82) is 0 Å². The number of halogens is 1. The number of rotatable bonds is 4. The first-order valence-electron chi connectivity index (χ1n) is 10.4. The van der Waals surface area contributed by atoms with E-state index >= 15 is 0 Å². The van der Waals surface area contributed by atoms with E-state index in [4.69, 9.17) is 25.8 Å². The van der Waals surface area contributed by atoms with Crippen molar-refractivity contribution < 1.29 is 19.0 Å². The van der Waals surface area contributed by atoms with E-state index in [0.717, 1.165) is 33.8 Å². The quantitative estimate of drug-likeness (QED) is 0.485. The highest BCUT2D eigenvalue weighted by Crippen LogP contribution is 2.44. The average molecular weight is 448 g/mol. The van der Waals surface area contributed by atoms with E-state index in [9.17, 15) is 4.79 Å². The fourth-order valence-electron chi connectivity index (χ4n) is 4.08. The van der Waals surface area contributed by atoms with Crippen LogP contribution in [0.25, 0.3) is 6.08 Å². The van der Waals surface area contributed by atoms with Gasteiger partial charge in [0.25, 0.3) is 0 Å². The molecule has 0 amide bonds. The van der Waals surface area contributed by atoms with Crippen molar-refractivity contribution in [1.82, 2.24) is 4.90 Å². The molecule has 3 aromatic rings. The Morgan fingerprint density at radius 1 is 1.12 bits per heavy atom. The van der Waals surface area contributed by atoms with E-state index in [1.165, 1.54) is 0 Å². The molecule has 32 heavy (non-hydrogen) atoms. The molecule has 5 nitrogen and oxygen atoms in total. The number of hydrogen-bond donors (Lipinski definition) is 0. The zero-order chi connectivity index (χ0) is 22.2. The molecule has 2 aliphatic heterocycles. The molecule has 3 aromatic carbocycles. The van der Waals surface area contributed by atoms with Crippen molar-refractivity contribution in [2.75, 3.05) is 13.8 Å². The number of nitrogens with zero attached hydrogens (tertiary/aromatic N) is 1. The molecule has 0 unspecified atom stereocenters. The van der Waals surface area contributed by atoms with Gasteiger partial charge in [0.15, 0.2) is 5.76 Å². The highest BCUT2D eigenvalue weighted by Gasteiger charge is 2.35. The minimum Gasteiger partial charge on any atom is -0.497 e. The van der Waals surface area contributed by atoms with Gasteiger partial charge in [-0.05, 0) is 60.0 Å². The van der Waals surface area contributed by atoms with Crippen LogP contribution in [0.5, 0.6) is 17.2 Å². The third kappa shape index (κ3) is 3.85. The molecule has 5 rings (SSSR count). The third-order valence-corrected chi connectivity index (χ3v) is 5.97.